The molecule has 0 fully saturated rings. The summed E-state index contributed by atoms with van der Waals surface area (Å²) in [6, 6.07) is 7.68. The Morgan fingerprint density at radius 2 is 1.95 bits per heavy atom. The van der Waals surface area contributed by atoms with Crippen LogP contribution < -0.4 is 5.73 Å². The standard InChI is InChI=1S/C16H26ClNO/c1-3-5-8-12(4-2)16(19)14(11-18)13-9-6-7-10-15(13)17/h6-7,9-10,12,14,16,19H,3-5,8,11,18H2,1-2H3. The van der Waals surface area contributed by atoms with Crippen LogP contribution in [-0.4, -0.2) is 17.8 Å². The summed E-state index contributed by atoms with van der Waals surface area (Å²) in [5, 5.41) is 11.3. The molecule has 1 rings (SSSR count). The fourth-order valence-corrected chi connectivity index (χ4v) is 2.91. The summed E-state index contributed by atoms with van der Waals surface area (Å²) in [4.78, 5) is 0. The molecule has 0 heterocycles. The van der Waals surface area contributed by atoms with E-state index in [0.717, 1.165) is 31.2 Å². The third-order valence-corrected chi connectivity index (χ3v) is 4.25. The fourth-order valence-electron chi connectivity index (χ4n) is 2.64. The molecule has 0 aromatic heterocycles. The van der Waals surface area contributed by atoms with Crippen LogP contribution in [0, 0.1) is 5.92 Å². The zero-order chi connectivity index (χ0) is 14.3. The minimum Gasteiger partial charge on any atom is -0.392 e. The van der Waals surface area contributed by atoms with Crippen molar-refractivity contribution in [3.05, 3.63) is 34.9 Å². The Balaban J connectivity index is 2.86. The highest BCUT2D eigenvalue weighted by Crippen LogP contribution is 2.32. The smallest absolute Gasteiger partial charge is 0.0649 e. The van der Waals surface area contributed by atoms with E-state index in [-0.39, 0.29) is 5.92 Å². The highest BCUT2D eigenvalue weighted by atomic mass is 35.5. The Bertz CT molecular complexity index is 370. The molecule has 108 valence electrons. The number of rotatable bonds is 8. The van der Waals surface area contributed by atoms with Gasteiger partial charge in [-0.2, -0.15) is 0 Å². The van der Waals surface area contributed by atoms with Crippen molar-refractivity contribution in [1.29, 1.82) is 0 Å². The molecule has 0 radical (unpaired) electrons. The highest BCUT2D eigenvalue weighted by molar-refractivity contribution is 6.31. The molecule has 0 spiro atoms. The lowest BCUT2D eigenvalue weighted by molar-refractivity contribution is 0.0743. The van der Waals surface area contributed by atoms with Crippen molar-refractivity contribution >= 4 is 11.6 Å². The fraction of sp³-hybridized carbons (Fsp3) is 0.625. The second-order valence-electron chi connectivity index (χ2n) is 5.16. The number of unbranched alkanes of at least 4 members (excludes halogenated alkanes) is 1. The van der Waals surface area contributed by atoms with E-state index in [4.69, 9.17) is 17.3 Å². The van der Waals surface area contributed by atoms with Crippen molar-refractivity contribution in [2.24, 2.45) is 11.7 Å². The van der Waals surface area contributed by atoms with Gasteiger partial charge in [-0.3, -0.25) is 0 Å². The van der Waals surface area contributed by atoms with Gasteiger partial charge in [-0.05, 0) is 24.0 Å². The van der Waals surface area contributed by atoms with E-state index in [1.807, 2.05) is 24.3 Å². The lowest BCUT2D eigenvalue weighted by atomic mass is 9.82. The van der Waals surface area contributed by atoms with Gasteiger partial charge in [0.15, 0.2) is 0 Å². The first-order valence-corrected chi connectivity index (χ1v) is 7.66. The van der Waals surface area contributed by atoms with Gasteiger partial charge in [-0.15, -0.1) is 0 Å². The van der Waals surface area contributed by atoms with Crippen LogP contribution >= 0.6 is 11.6 Å². The molecule has 0 saturated heterocycles. The summed E-state index contributed by atoms with van der Waals surface area (Å²) in [5.74, 6) is 0.222. The van der Waals surface area contributed by atoms with Gasteiger partial charge in [-0.25, -0.2) is 0 Å². The molecule has 3 unspecified atom stereocenters. The van der Waals surface area contributed by atoms with E-state index in [1.165, 1.54) is 0 Å². The Labute approximate surface area is 122 Å². The van der Waals surface area contributed by atoms with Crippen LogP contribution in [0.15, 0.2) is 24.3 Å². The molecule has 1 aromatic carbocycles. The molecule has 0 bridgehead atoms. The molecular formula is C16H26ClNO. The number of aliphatic hydroxyl groups is 1. The molecule has 0 aliphatic carbocycles. The molecular weight excluding hydrogens is 258 g/mol. The van der Waals surface area contributed by atoms with E-state index >= 15 is 0 Å². The summed E-state index contributed by atoms with van der Waals surface area (Å²) in [7, 11) is 0. The van der Waals surface area contributed by atoms with Gasteiger partial charge in [0.2, 0.25) is 0 Å². The number of hydrogen-bond acceptors (Lipinski definition) is 2. The topological polar surface area (TPSA) is 46.2 Å². The van der Waals surface area contributed by atoms with Crippen molar-refractivity contribution in [3.8, 4) is 0 Å². The first-order chi connectivity index (χ1) is 9.15. The molecule has 1 aromatic rings. The van der Waals surface area contributed by atoms with Crippen LogP contribution in [0.2, 0.25) is 5.02 Å². The number of halogens is 1. The quantitative estimate of drug-likeness (QED) is 0.758. The molecule has 0 aliphatic heterocycles. The number of benzene rings is 1. The maximum atomic E-state index is 10.6. The molecule has 3 heteroatoms. The Kier molecular flexibility index (Phi) is 7.44. The van der Waals surface area contributed by atoms with Crippen molar-refractivity contribution in [2.45, 2.75) is 51.6 Å². The van der Waals surface area contributed by atoms with Gasteiger partial charge in [0.05, 0.1) is 6.10 Å². The van der Waals surface area contributed by atoms with Crippen molar-refractivity contribution in [2.75, 3.05) is 6.54 Å². The van der Waals surface area contributed by atoms with Gasteiger partial charge in [0.1, 0.15) is 0 Å². The maximum absolute atomic E-state index is 10.6. The summed E-state index contributed by atoms with van der Waals surface area (Å²) in [6.45, 7) is 4.73. The second-order valence-corrected chi connectivity index (χ2v) is 5.57. The first kappa shape index (κ1) is 16.5. The van der Waals surface area contributed by atoms with Crippen LogP contribution in [-0.2, 0) is 0 Å². The van der Waals surface area contributed by atoms with Crippen LogP contribution in [0.25, 0.3) is 0 Å². The maximum Gasteiger partial charge on any atom is 0.0649 e. The number of nitrogens with two attached hydrogens (primary N) is 1. The zero-order valence-corrected chi connectivity index (χ0v) is 12.7. The van der Waals surface area contributed by atoms with Crippen molar-refractivity contribution in [3.63, 3.8) is 0 Å². The third kappa shape index (κ3) is 4.48. The monoisotopic (exact) mass is 283 g/mol. The highest BCUT2D eigenvalue weighted by Gasteiger charge is 2.27. The number of hydrogen-bond donors (Lipinski definition) is 2. The number of aliphatic hydroxyl groups excluding tert-OH is 1. The average Bonchev–Trinajstić information content (AvgIpc) is 2.42. The minimum atomic E-state index is -0.415. The van der Waals surface area contributed by atoms with Crippen LogP contribution in [0.5, 0.6) is 0 Å². The molecule has 3 N–H and O–H groups in total. The van der Waals surface area contributed by atoms with E-state index in [0.29, 0.717) is 17.5 Å². The molecule has 0 amide bonds. The van der Waals surface area contributed by atoms with Crippen LogP contribution in [0.4, 0.5) is 0 Å². The van der Waals surface area contributed by atoms with E-state index in [2.05, 4.69) is 13.8 Å². The van der Waals surface area contributed by atoms with Gasteiger partial charge in [0, 0.05) is 17.5 Å². The predicted molar refractivity (Wildman–Crippen MR) is 82.6 cm³/mol. The van der Waals surface area contributed by atoms with Crippen LogP contribution in [0.3, 0.4) is 0 Å². The van der Waals surface area contributed by atoms with Crippen LogP contribution in [0.1, 0.15) is 51.0 Å². The SMILES string of the molecule is CCCCC(CC)C(O)C(CN)c1ccccc1Cl. The van der Waals surface area contributed by atoms with Gasteiger partial charge >= 0.3 is 0 Å². The van der Waals surface area contributed by atoms with E-state index in [9.17, 15) is 5.11 Å². The van der Waals surface area contributed by atoms with E-state index in [1.54, 1.807) is 0 Å². The molecule has 19 heavy (non-hydrogen) atoms. The molecule has 3 atom stereocenters. The Hall–Kier alpha value is -0.570. The molecule has 2 nitrogen and oxygen atoms in total. The normalized spacial score (nSPS) is 16.1. The summed E-state index contributed by atoms with van der Waals surface area (Å²) in [6.07, 6.45) is 3.91. The zero-order valence-electron chi connectivity index (χ0n) is 12.0. The van der Waals surface area contributed by atoms with Gasteiger partial charge in [0.25, 0.3) is 0 Å². The summed E-state index contributed by atoms with van der Waals surface area (Å²) >= 11 is 6.23. The van der Waals surface area contributed by atoms with Gasteiger partial charge in [-0.1, -0.05) is 62.9 Å². The molecule has 0 saturated carbocycles. The van der Waals surface area contributed by atoms with Gasteiger partial charge < -0.3 is 10.8 Å². The Morgan fingerprint density at radius 3 is 2.47 bits per heavy atom. The van der Waals surface area contributed by atoms with E-state index < -0.39 is 6.10 Å². The molecule has 0 aliphatic rings. The third-order valence-electron chi connectivity index (χ3n) is 3.91. The summed E-state index contributed by atoms with van der Waals surface area (Å²) < 4.78 is 0. The Morgan fingerprint density at radius 1 is 1.26 bits per heavy atom. The van der Waals surface area contributed by atoms with Crippen molar-refractivity contribution < 1.29 is 5.11 Å². The second kappa shape index (κ2) is 8.57. The largest absolute Gasteiger partial charge is 0.392 e. The lowest BCUT2D eigenvalue weighted by Gasteiger charge is -2.29. The average molecular weight is 284 g/mol. The first-order valence-electron chi connectivity index (χ1n) is 7.28. The summed E-state index contributed by atoms with van der Waals surface area (Å²) in [5.41, 5.74) is 6.84. The minimum absolute atomic E-state index is 0.0736. The predicted octanol–water partition coefficient (Wildman–Crippen LogP) is 3.96. The van der Waals surface area contributed by atoms with Crippen molar-refractivity contribution in [1.82, 2.24) is 0 Å². The lowest BCUT2D eigenvalue weighted by Crippen LogP contribution is -2.32.